The molecular formula is C20H25NO3S. The zero-order chi connectivity index (χ0) is 18.0. The molecule has 0 amide bonds. The van der Waals surface area contributed by atoms with E-state index in [0.29, 0.717) is 10.6 Å². The number of sulfonamides is 1. The Morgan fingerprint density at radius 2 is 1.76 bits per heavy atom. The van der Waals surface area contributed by atoms with Crippen molar-refractivity contribution in [3.63, 3.8) is 0 Å². The summed E-state index contributed by atoms with van der Waals surface area (Å²) in [4.78, 5) is 0.339. The normalized spacial score (nSPS) is 15.5. The highest BCUT2D eigenvalue weighted by atomic mass is 32.2. The van der Waals surface area contributed by atoms with Gasteiger partial charge in [-0.05, 0) is 68.9 Å². The maximum atomic E-state index is 12.8. The number of methoxy groups -OCH3 is 1. The number of rotatable bonds is 5. The fourth-order valence-electron chi connectivity index (χ4n) is 3.43. The number of benzene rings is 2. The minimum Gasteiger partial charge on any atom is -0.496 e. The average molecular weight is 359 g/mol. The minimum atomic E-state index is -3.58. The summed E-state index contributed by atoms with van der Waals surface area (Å²) in [6, 6.07) is 10.9. The Morgan fingerprint density at radius 1 is 1.04 bits per heavy atom. The van der Waals surface area contributed by atoms with E-state index in [4.69, 9.17) is 4.74 Å². The molecule has 0 saturated heterocycles. The molecule has 1 aliphatic rings. The molecule has 0 saturated carbocycles. The molecule has 1 atom stereocenters. The van der Waals surface area contributed by atoms with Gasteiger partial charge < -0.3 is 4.74 Å². The predicted molar refractivity (Wildman–Crippen MR) is 99.6 cm³/mol. The van der Waals surface area contributed by atoms with Crippen LogP contribution in [0.2, 0.25) is 0 Å². The number of ether oxygens (including phenoxy) is 1. The molecular weight excluding hydrogens is 334 g/mol. The molecule has 0 bridgehead atoms. The van der Waals surface area contributed by atoms with E-state index in [1.54, 1.807) is 13.2 Å². The van der Waals surface area contributed by atoms with Crippen LogP contribution in [0.1, 0.15) is 48.1 Å². The summed E-state index contributed by atoms with van der Waals surface area (Å²) in [5.41, 5.74) is 4.34. The lowest BCUT2D eigenvalue weighted by atomic mass is 9.92. The standard InChI is InChI=1S/C20H25NO3S/c1-14-8-11-20(24-3)19(12-14)15(2)21-25(22,23)18-10-9-16-6-4-5-7-17(16)13-18/h8-13,15,21H,4-7H2,1-3H3. The van der Waals surface area contributed by atoms with Crippen LogP contribution >= 0.6 is 0 Å². The molecule has 1 aliphatic carbocycles. The first-order valence-electron chi connectivity index (χ1n) is 8.69. The Labute approximate surface area is 150 Å². The van der Waals surface area contributed by atoms with Crippen molar-refractivity contribution in [3.05, 3.63) is 58.7 Å². The largest absolute Gasteiger partial charge is 0.496 e. The van der Waals surface area contributed by atoms with E-state index in [-0.39, 0.29) is 6.04 Å². The number of hydrogen-bond acceptors (Lipinski definition) is 3. The van der Waals surface area contributed by atoms with Crippen LogP contribution in [0.5, 0.6) is 5.75 Å². The zero-order valence-electron chi connectivity index (χ0n) is 15.0. The van der Waals surface area contributed by atoms with Gasteiger partial charge in [0, 0.05) is 11.6 Å². The molecule has 2 aromatic rings. The summed E-state index contributed by atoms with van der Waals surface area (Å²) < 4.78 is 33.8. The van der Waals surface area contributed by atoms with Gasteiger partial charge in [-0.15, -0.1) is 0 Å². The Hall–Kier alpha value is -1.85. The van der Waals surface area contributed by atoms with Gasteiger partial charge in [-0.2, -0.15) is 0 Å². The van der Waals surface area contributed by atoms with Crippen molar-refractivity contribution in [1.29, 1.82) is 0 Å². The SMILES string of the molecule is COc1ccc(C)cc1C(C)NS(=O)(=O)c1ccc2c(c1)CCCC2. The van der Waals surface area contributed by atoms with E-state index in [0.717, 1.165) is 36.0 Å². The fourth-order valence-corrected chi connectivity index (χ4v) is 4.71. The molecule has 134 valence electrons. The zero-order valence-corrected chi connectivity index (χ0v) is 15.8. The maximum Gasteiger partial charge on any atom is 0.241 e. The lowest BCUT2D eigenvalue weighted by molar-refractivity contribution is 0.405. The summed E-state index contributed by atoms with van der Waals surface area (Å²) >= 11 is 0. The van der Waals surface area contributed by atoms with Gasteiger partial charge in [-0.25, -0.2) is 13.1 Å². The molecule has 0 aromatic heterocycles. The monoisotopic (exact) mass is 359 g/mol. The molecule has 0 spiro atoms. The first-order chi connectivity index (χ1) is 11.9. The molecule has 0 aliphatic heterocycles. The first-order valence-corrected chi connectivity index (χ1v) is 10.2. The van der Waals surface area contributed by atoms with Crippen LogP contribution in [0.3, 0.4) is 0 Å². The lowest BCUT2D eigenvalue weighted by Crippen LogP contribution is -2.27. The smallest absolute Gasteiger partial charge is 0.241 e. The van der Waals surface area contributed by atoms with Gasteiger partial charge in [0.25, 0.3) is 0 Å². The van der Waals surface area contributed by atoms with Crippen molar-refractivity contribution in [1.82, 2.24) is 4.72 Å². The van der Waals surface area contributed by atoms with Crippen molar-refractivity contribution in [2.45, 2.75) is 50.5 Å². The Balaban J connectivity index is 1.87. The van der Waals surface area contributed by atoms with Gasteiger partial charge in [0.15, 0.2) is 0 Å². The number of nitrogens with one attached hydrogen (secondary N) is 1. The van der Waals surface area contributed by atoms with Crippen LogP contribution in [-0.2, 0) is 22.9 Å². The number of fused-ring (bicyclic) bond motifs is 1. The van der Waals surface area contributed by atoms with E-state index in [1.807, 2.05) is 44.2 Å². The van der Waals surface area contributed by atoms with Gasteiger partial charge in [0.1, 0.15) is 5.75 Å². The molecule has 2 aromatic carbocycles. The number of hydrogen-bond donors (Lipinski definition) is 1. The van der Waals surface area contributed by atoms with E-state index >= 15 is 0 Å². The fraction of sp³-hybridized carbons (Fsp3) is 0.400. The average Bonchev–Trinajstić information content (AvgIpc) is 2.60. The van der Waals surface area contributed by atoms with E-state index < -0.39 is 10.0 Å². The van der Waals surface area contributed by atoms with E-state index in [2.05, 4.69) is 4.72 Å². The van der Waals surface area contributed by atoms with Crippen LogP contribution in [0.25, 0.3) is 0 Å². The second-order valence-electron chi connectivity index (χ2n) is 6.73. The molecule has 4 nitrogen and oxygen atoms in total. The van der Waals surface area contributed by atoms with Gasteiger partial charge >= 0.3 is 0 Å². The highest BCUT2D eigenvalue weighted by molar-refractivity contribution is 7.89. The van der Waals surface area contributed by atoms with Gasteiger partial charge in [0.05, 0.1) is 12.0 Å². The van der Waals surface area contributed by atoms with Crippen LogP contribution in [-0.4, -0.2) is 15.5 Å². The van der Waals surface area contributed by atoms with Gasteiger partial charge in [0.2, 0.25) is 10.0 Å². The van der Waals surface area contributed by atoms with Crippen LogP contribution in [0.4, 0.5) is 0 Å². The third kappa shape index (κ3) is 3.88. The molecule has 0 radical (unpaired) electrons. The highest BCUT2D eigenvalue weighted by Gasteiger charge is 2.22. The van der Waals surface area contributed by atoms with Gasteiger partial charge in [-0.3, -0.25) is 0 Å². The van der Waals surface area contributed by atoms with Crippen LogP contribution < -0.4 is 9.46 Å². The Morgan fingerprint density at radius 3 is 2.48 bits per heavy atom. The summed E-state index contributed by atoms with van der Waals surface area (Å²) in [5.74, 6) is 0.686. The predicted octanol–water partition coefficient (Wildman–Crippen LogP) is 3.92. The summed E-state index contributed by atoms with van der Waals surface area (Å²) in [5, 5.41) is 0. The third-order valence-corrected chi connectivity index (χ3v) is 6.35. The Bertz CT molecular complexity index is 875. The van der Waals surface area contributed by atoms with Crippen molar-refractivity contribution in [2.24, 2.45) is 0 Å². The van der Waals surface area contributed by atoms with Crippen molar-refractivity contribution < 1.29 is 13.2 Å². The molecule has 1 N–H and O–H groups in total. The van der Waals surface area contributed by atoms with Crippen LogP contribution in [0, 0.1) is 6.92 Å². The number of aryl methyl sites for hydroxylation is 3. The molecule has 3 rings (SSSR count). The molecule has 1 unspecified atom stereocenters. The minimum absolute atomic E-state index is 0.339. The second kappa shape index (κ2) is 7.18. The van der Waals surface area contributed by atoms with Crippen LogP contribution in [0.15, 0.2) is 41.3 Å². The summed E-state index contributed by atoms with van der Waals surface area (Å²) in [6.07, 6.45) is 4.31. The van der Waals surface area contributed by atoms with Crippen molar-refractivity contribution in [3.8, 4) is 5.75 Å². The highest BCUT2D eigenvalue weighted by Crippen LogP contribution is 2.28. The quantitative estimate of drug-likeness (QED) is 0.880. The third-order valence-electron chi connectivity index (χ3n) is 4.81. The van der Waals surface area contributed by atoms with E-state index in [1.165, 1.54) is 12.0 Å². The topological polar surface area (TPSA) is 55.4 Å². The summed E-state index contributed by atoms with van der Waals surface area (Å²) in [6.45, 7) is 3.82. The maximum absolute atomic E-state index is 12.8. The summed E-state index contributed by atoms with van der Waals surface area (Å²) in [7, 11) is -1.99. The molecule has 5 heteroatoms. The van der Waals surface area contributed by atoms with Crippen molar-refractivity contribution >= 4 is 10.0 Å². The molecule has 0 fully saturated rings. The first kappa shape index (κ1) is 18.0. The van der Waals surface area contributed by atoms with Gasteiger partial charge in [-0.1, -0.05) is 23.8 Å². The Kier molecular flexibility index (Phi) is 5.16. The molecule has 0 heterocycles. The van der Waals surface area contributed by atoms with E-state index in [9.17, 15) is 8.42 Å². The second-order valence-corrected chi connectivity index (χ2v) is 8.44. The molecule has 25 heavy (non-hydrogen) atoms. The lowest BCUT2D eigenvalue weighted by Gasteiger charge is -2.20. The van der Waals surface area contributed by atoms with Crippen molar-refractivity contribution in [2.75, 3.05) is 7.11 Å².